The van der Waals surface area contributed by atoms with Gasteiger partial charge in [0.1, 0.15) is 5.82 Å². The van der Waals surface area contributed by atoms with Gasteiger partial charge in [-0.25, -0.2) is 9.97 Å². The molecule has 1 aliphatic rings. The Morgan fingerprint density at radius 1 is 0.968 bits per heavy atom. The first-order valence-corrected chi connectivity index (χ1v) is 9.95. The predicted octanol–water partition coefficient (Wildman–Crippen LogP) is 2.63. The van der Waals surface area contributed by atoms with Gasteiger partial charge in [0.2, 0.25) is 5.89 Å². The molecular formula is C23H20N6O2. The molecule has 0 fully saturated rings. The van der Waals surface area contributed by atoms with Gasteiger partial charge in [-0.1, -0.05) is 26.0 Å². The fraction of sp³-hybridized carbons (Fsp3) is 0.130. The van der Waals surface area contributed by atoms with E-state index < -0.39 is 0 Å². The first-order chi connectivity index (χ1) is 15.3. The molecule has 0 bridgehead atoms. The standard InChI is InChI=1S/C21H14N6O2.C2H6/c28-20(13-3-1-4-15-16(11-13)23-10-9-22-15)26-18-12-14(6-8-24-18)21-27-19-17(29-21)5-2-7-25-19;1-2/h2-12H,1H2,(H,24,26,28);1-2H3. The summed E-state index contributed by atoms with van der Waals surface area (Å²) in [7, 11) is 0. The molecule has 0 aliphatic heterocycles. The number of nitrogens with one attached hydrogen (secondary N) is 1. The van der Waals surface area contributed by atoms with E-state index >= 15 is 0 Å². The number of carbonyl (C=O) groups is 1. The Bertz CT molecular complexity index is 1360. The van der Waals surface area contributed by atoms with Crippen molar-refractivity contribution in [3.8, 4) is 11.5 Å². The minimum atomic E-state index is -0.277. The number of oxazole rings is 1. The lowest BCUT2D eigenvalue weighted by Gasteiger charge is -2.05. The van der Waals surface area contributed by atoms with Crippen LogP contribution >= 0.6 is 0 Å². The van der Waals surface area contributed by atoms with Crippen molar-refractivity contribution >= 4 is 35.1 Å². The topological polar surface area (TPSA) is 107 Å². The number of pyridine rings is 2. The predicted molar refractivity (Wildman–Crippen MR) is 118 cm³/mol. The molecule has 0 atom stereocenters. The maximum Gasteiger partial charge on any atom is 0.256 e. The fourth-order valence-corrected chi connectivity index (χ4v) is 3.00. The van der Waals surface area contributed by atoms with Crippen LogP contribution in [0.5, 0.6) is 0 Å². The van der Waals surface area contributed by atoms with Crippen LogP contribution in [0.25, 0.3) is 34.8 Å². The highest BCUT2D eigenvalue weighted by molar-refractivity contribution is 6.09. The highest BCUT2D eigenvalue weighted by Gasteiger charge is 2.13. The van der Waals surface area contributed by atoms with Gasteiger partial charge in [-0.3, -0.25) is 14.8 Å². The monoisotopic (exact) mass is 412 g/mol. The van der Waals surface area contributed by atoms with Crippen LogP contribution in [0.1, 0.15) is 20.3 Å². The van der Waals surface area contributed by atoms with Crippen LogP contribution in [0.15, 0.2) is 65.1 Å². The van der Waals surface area contributed by atoms with E-state index in [1.165, 1.54) is 0 Å². The third-order valence-electron chi connectivity index (χ3n) is 4.37. The normalized spacial score (nSPS) is 12.3. The quantitative estimate of drug-likeness (QED) is 0.551. The lowest BCUT2D eigenvalue weighted by molar-refractivity contribution is -0.112. The summed E-state index contributed by atoms with van der Waals surface area (Å²) < 4.78 is 5.73. The van der Waals surface area contributed by atoms with Crippen molar-refractivity contribution in [1.82, 2.24) is 24.9 Å². The summed E-state index contributed by atoms with van der Waals surface area (Å²) in [4.78, 5) is 34.1. The Balaban J connectivity index is 0.00000112. The van der Waals surface area contributed by atoms with Crippen LogP contribution in [-0.2, 0) is 4.79 Å². The molecule has 1 N–H and O–H groups in total. The van der Waals surface area contributed by atoms with Gasteiger partial charge in [-0.2, -0.15) is 4.98 Å². The minimum absolute atomic E-state index is 0.277. The number of amides is 1. The molecule has 0 spiro atoms. The van der Waals surface area contributed by atoms with Crippen molar-refractivity contribution in [2.45, 2.75) is 20.3 Å². The molecule has 4 aromatic rings. The number of anilines is 1. The Morgan fingerprint density at radius 3 is 2.65 bits per heavy atom. The van der Waals surface area contributed by atoms with E-state index in [0.29, 0.717) is 45.8 Å². The zero-order valence-corrected chi connectivity index (χ0v) is 17.1. The van der Waals surface area contributed by atoms with E-state index in [9.17, 15) is 4.79 Å². The second-order valence-electron chi connectivity index (χ2n) is 6.30. The average Bonchev–Trinajstić information content (AvgIpc) is 3.13. The van der Waals surface area contributed by atoms with Crippen molar-refractivity contribution in [2.75, 3.05) is 5.32 Å². The first kappa shape index (κ1) is 20.1. The lowest BCUT2D eigenvalue weighted by atomic mass is 10.2. The third-order valence-corrected chi connectivity index (χ3v) is 4.37. The summed E-state index contributed by atoms with van der Waals surface area (Å²) in [5, 5.41) is 4.24. The van der Waals surface area contributed by atoms with Gasteiger partial charge in [-0.05, 0) is 36.8 Å². The van der Waals surface area contributed by atoms with Crippen LogP contribution in [-0.4, -0.2) is 30.8 Å². The number of aromatic nitrogens is 5. The lowest BCUT2D eigenvalue weighted by Crippen LogP contribution is -2.30. The Kier molecular flexibility index (Phi) is 5.89. The molecule has 4 aromatic heterocycles. The molecule has 1 amide bonds. The second kappa shape index (κ2) is 9.08. The number of fused-ring (bicyclic) bond motifs is 2. The van der Waals surface area contributed by atoms with Crippen LogP contribution in [0.3, 0.4) is 0 Å². The van der Waals surface area contributed by atoms with E-state index in [4.69, 9.17) is 4.42 Å². The minimum Gasteiger partial charge on any atom is -0.434 e. The van der Waals surface area contributed by atoms with Crippen LogP contribution in [0, 0.1) is 0 Å². The van der Waals surface area contributed by atoms with Gasteiger partial charge in [0.05, 0.1) is 10.7 Å². The van der Waals surface area contributed by atoms with Gasteiger partial charge in [0.25, 0.3) is 5.91 Å². The van der Waals surface area contributed by atoms with E-state index in [1.54, 1.807) is 55.1 Å². The zero-order chi connectivity index (χ0) is 21.6. The van der Waals surface area contributed by atoms with E-state index in [0.717, 1.165) is 5.35 Å². The zero-order valence-electron chi connectivity index (χ0n) is 17.1. The number of rotatable bonds is 3. The summed E-state index contributed by atoms with van der Waals surface area (Å²) in [5.41, 5.74) is 2.31. The van der Waals surface area contributed by atoms with E-state index in [2.05, 4.69) is 30.2 Å². The van der Waals surface area contributed by atoms with Gasteiger partial charge in [-0.15, -0.1) is 0 Å². The van der Waals surface area contributed by atoms with Crippen LogP contribution in [0.2, 0.25) is 0 Å². The molecule has 31 heavy (non-hydrogen) atoms. The summed E-state index contributed by atoms with van der Waals surface area (Å²) in [6.45, 7) is 4.00. The maximum absolute atomic E-state index is 12.8. The van der Waals surface area contributed by atoms with Crippen molar-refractivity contribution in [2.24, 2.45) is 0 Å². The molecule has 4 heterocycles. The summed E-state index contributed by atoms with van der Waals surface area (Å²) >= 11 is 0. The maximum atomic E-state index is 12.8. The Hall–Kier alpha value is -4.20. The first-order valence-electron chi connectivity index (χ1n) is 9.95. The molecule has 0 saturated carbocycles. The summed E-state index contributed by atoms with van der Waals surface area (Å²) in [6, 6.07) is 7.05. The number of hydrogen-bond acceptors (Lipinski definition) is 7. The number of allylic oxidation sites excluding steroid dienone is 1. The molecule has 0 saturated heterocycles. The van der Waals surface area contributed by atoms with Crippen LogP contribution in [0.4, 0.5) is 5.82 Å². The molecular weight excluding hydrogens is 392 g/mol. The van der Waals surface area contributed by atoms with E-state index in [-0.39, 0.29) is 5.91 Å². The van der Waals surface area contributed by atoms with E-state index in [1.807, 2.05) is 26.0 Å². The Labute approximate surface area is 178 Å². The van der Waals surface area contributed by atoms with Gasteiger partial charge >= 0.3 is 0 Å². The molecule has 5 rings (SSSR count). The van der Waals surface area contributed by atoms with Crippen molar-refractivity contribution in [1.29, 1.82) is 0 Å². The van der Waals surface area contributed by atoms with Gasteiger partial charge in [0, 0.05) is 35.9 Å². The van der Waals surface area contributed by atoms with Crippen molar-refractivity contribution in [3.63, 3.8) is 0 Å². The highest BCUT2D eigenvalue weighted by atomic mass is 16.3. The SMILES string of the molecule is CC.O=C(Nc1cc(-c2nc3ncccc3o2)ccn1)C1=CCC=c2nccnc2=C1. The number of carbonyl (C=O) groups excluding carboxylic acids is 1. The third kappa shape index (κ3) is 4.37. The molecule has 1 aliphatic carbocycles. The fourth-order valence-electron chi connectivity index (χ4n) is 3.00. The van der Waals surface area contributed by atoms with Gasteiger partial charge in [0.15, 0.2) is 11.2 Å². The molecule has 8 heteroatoms. The molecule has 8 nitrogen and oxygen atoms in total. The molecule has 0 unspecified atom stereocenters. The molecule has 0 aromatic carbocycles. The summed E-state index contributed by atoms with van der Waals surface area (Å²) in [6.07, 6.45) is 12.5. The number of nitrogens with zero attached hydrogens (tertiary/aromatic N) is 5. The molecule has 154 valence electrons. The number of hydrogen-bond donors (Lipinski definition) is 1. The second-order valence-corrected chi connectivity index (χ2v) is 6.30. The largest absolute Gasteiger partial charge is 0.434 e. The molecule has 0 radical (unpaired) electrons. The van der Waals surface area contributed by atoms with Crippen LogP contribution < -0.4 is 16.0 Å². The van der Waals surface area contributed by atoms with Crippen molar-refractivity contribution in [3.05, 3.63) is 71.4 Å². The highest BCUT2D eigenvalue weighted by Crippen LogP contribution is 2.24. The average molecular weight is 412 g/mol. The Morgan fingerprint density at radius 2 is 1.81 bits per heavy atom. The smallest absolute Gasteiger partial charge is 0.256 e. The van der Waals surface area contributed by atoms with Gasteiger partial charge < -0.3 is 9.73 Å². The summed E-state index contributed by atoms with van der Waals surface area (Å²) in [5.74, 6) is 0.529. The van der Waals surface area contributed by atoms with Crippen molar-refractivity contribution < 1.29 is 9.21 Å².